The quantitative estimate of drug-likeness (QED) is 0.410. The Morgan fingerprint density at radius 1 is 0.933 bits per heavy atom. The predicted octanol–water partition coefficient (Wildman–Crippen LogP) is 7.01. The molecule has 1 aromatic heterocycles. The molecule has 1 aliphatic heterocycles. The number of para-hydroxylation sites is 2. The van der Waals surface area contributed by atoms with E-state index in [1.165, 1.54) is 68.0 Å². The van der Waals surface area contributed by atoms with E-state index in [1.807, 2.05) is 0 Å². The molecule has 0 saturated carbocycles. The smallest absolute Gasteiger partial charge is 0.0730 e. The number of hydrogen-bond donors (Lipinski definition) is 1. The highest BCUT2D eigenvalue weighted by Crippen LogP contribution is 2.32. The van der Waals surface area contributed by atoms with Gasteiger partial charge in [0.1, 0.15) is 0 Å². The van der Waals surface area contributed by atoms with Crippen LogP contribution in [0.25, 0.3) is 21.8 Å². The van der Waals surface area contributed by atoms with Crippen LogP contribution in [0.15, 0.2) is 48.5 Å². The number of nitrogens with one attached hydrogen (secondary N) is 1. The van der Waals surface area contributed by atoms with Crippen LogP contribution in [-0.4, -0.2) is 34.6 Å². The Hall–Kier alpha value is -2.13. The maximum absolute atomic E-state index is 4.88. The molecule has 3 unspecified atom stereocenters. The molecule has 4 rings (SSSR count). The van der Waals surface area contributed by atoms with Crippen LogP contribution in [0.4, 0.5) is 5.69 Å². The van der Waals surface area contributed by atoms with Gasteiger partial charge in [0.25, 0.3) is 0 Å². The third kappa shape index (κ3) is 4.62. The Morgan fingerprint density at radius 2 is 1.53 bits per heavy atom. The second-order valence-corrected chi connectivity index (χ2v) is 9.16. The van der Waals surface area contributed by atoms with Crippen LogP contribution in [0.5, 0.6) is 0 Å². The maximum atomic E-state index is 4.88. The molecule has 1 aliphatic rings. The number of aromatic nitrogens is 1. The second-order valence-electron chi connectivity index (χ2n) is 9.16. The summed E-state index contributed by atoms with van der Waals surface area (Å²) in [5, 5.41) is 6.43. The van der Waals surface area contributed by atoms with Crippen LogP contribution in [-0.2, 0) is 0 Å². The molecule has 2 aromatic carbocycles. The van der Waals surface area contributed by atoms with Crippen molar-refractivity contribution in [3.63, 3.8) is 0 Å². The van der Waals surface area contributed by atoms with Crippen molar-refractivity contribution in [3.05, 3.63) is 48.5 Å². The molecule has 0 radical (unpaired) electrons. The normalized spacial score (nSPS) is 21.2. The molecular weight excluding hydrogens is 366 g/mol. The summed E-state index contributed by atoms with van der Waals surface area (Å²) in [6, 6.07) is 19.0. The molecule has 3 heteroatoms. The Bertz CT molecular complexity index is 903. The van der Waals surface area contributed by atoms with Gasteiger partial charge in [-0.2, -0.15) is 0 Å². The molecule has 2 heterocycles. The maximum Gasteiger partial charge on any atom is 0.0730 e. The molecule has 3 atom stereocenters. The number of anilines is 1. The third-order valence-electron chi connectivity index (χ3n) is 6.92. The highest BCUT2D eigenvalue weighted by molar-refractivity contribution is 6.07. The molecule has 30 heavy (non-hydrogen) atoms. The van der Waals surface area contributed by atoms with E-state index in [0.29, 0.717) is 6.04 Å². The molecule has 3 nitrogen and oxygen atoms in total. The first-order valence-electron chi connectivity index (χ1n) is 12.0. The molecule has 0 spiro atoms. The predicted molar refractivity (Wildman–Crippen MR) is 130 cm³/mol. The van der Waals surface area contributed by atoms with Crippen LogP contribution in [0, 0.1) is 0 Å². The summed E-state index contributed by atoms with van der Waals surface area (Å²) < 4.78 is 0. The number of likely N-dealkylation sites (tertiary alicyclic amines) is 1. The van der Waals surface area contributed by atoms with Gasteiger partial charge >= 0.3 is 0 Å². The Kier molecular flexibility index (Phi) is 6.89. The summed E-state index contributed by atoms with van der Waals surface area (Å²) >= 11 is 0. The highest BCUT2D eigenvalue weighted by Gasteiger charge is 2.24. The van der Waals surface area contributed by atoms with Crippen molar-refractivity contribution >= 4 is 27.5 Å². The van der Waals surface area contributed by atoms with Crippen LogP contribution in [0.3, 0.4) is 0 Å². The number of piperidine rings is 1. The monoisotopic (exact) mass is 403 g/mol. The van der Waals surface area contributed by atoms with Gasteiger partial charge in [-0.15, -0.1) is 0 Å². The third-order valence-corrected chi connectivity index (χ3v) is 6.92. The molecule has 1 saturated heterocycles. The van der Waals surface area contributed by atoms with Gasteiger partial charge < -0.3 is 5.32 Å². The van der Waals surface area contributed by atoms with Gasteiger partial charge in [0.15, 0.2) is 0 Å². The molecule has 3 aromatic rings. The summed E-state index contributed by atoms with van der Waals surface area (Å²) in [6.45, 7) is 8.34. The van der Waals surface area contributed by atoms with E-state index in [2.05, 4.69) is 79.5 Å². The molecule has 1 fully saturated rings. The topological polar surface area (TPSA) is 28.2 Å². The second kappa shape index (κ2) is 9.78. The van der Waals surface area contributed by atoms with Crippen molar-refractivity contribution in [2.45, 2.75) is 83.8 Å². The average molecular weight is 404 g/mol. The number of hydrogen-bond acceptors (Lipinski definition) is 3. The van der Waals surface area contributed by atoms with Crippen LogP contribution in [0.1, 0.15) is 65.7 Å². The van der Waals surface area contributed by atoms with Crippen LogP contribution < -0.4 is 5.32 Å². The van der Waals surface area contributed by atoms with Crippen molar-refractivity contribution < 1.29 is 0 Å². The number of rotatable bonds is 8. The van der Waals surface area contributed by atoms with Gasteiger partial charge in [-0.25, -0.2) is 4.98 Å². The minimum absolute atomic E-state index is 0.500. The van der Waals surface area contributed by atoms with Gasteiger partial charge in [-0.1, -0.05) is 56.2 Å². The lowest BCUT2D eigenvalue weighted by Crippen LogP contribution is -2.44. The Labute approximate surface area is 181 Å². The molecule has 160 valence electrons. The van der Waals surface area contributed by atoms with E-state index in [9.17, 15) is 0 Å². The molecule has 0 aliphatic carbocycles. The molecule has 0 bridgehead atoms. The molecule has 1 N–H and O–H groups in total. The van der Waals surface area contributed by atoms with E-state index in [4.69, 9.17) is 4.98 Å². The largest absolute Gasteiger partial charge is 0.381 e. The summed E-state index contributed by atoms with van der Waals surface area (Å²) in [5.74, 6) is 0. The fraction of sp³-hybridized carbons (Fsp3) is 0.519. The fourth-order valence-electron chi connectivity index (χ4n) is 5.27. The van der Waals surface area contributed by atoms with Crippen molar-refractivity contribution in [2.24, 2.45) is 0 Å². The minimum atomic E-state index is 0.500. The number of fused-ring (bicyclic) bond motifs is 2. The first-order chi connectivity index (χ1) is 14.7. The summed E-state index contributed by atoms with van der Waals surface area (Å²) in [4.78, 5) is 7.62. The van der Waals surface area contributed by atoms with Crippen molar-refractivity contribution in [3.8, 4) is 0 Å². The Morgan fingerprint density at radius 3 is 2.13 bits per heavy atom. The lowest BCUT2D eigenvalue weighted by Gasteiger charge is -2.39. The van der Waals surface area contributed by atoms with E-state index in [0.717, 1.165) is 23.1 Å². The van der Waals surface area contributed by atoms with Gasteiger partial charge in [0.05, 0.1) is 16.7 Å². The molecule has 0 amide bonds. The zero-order valence-corrected chi connectivity index (χ0v) is 18.9. The number of benzene rings is 2. The first kappa shape index (κ1) is 21.1. The summed E-state index contributed by atoms with van der Waals surface area (Å²) in [5.41, 5.74) is 3.41. The summed E-state index contributed by atoms with van der Waals surface area (Å²) in [7, 11) is 0. The van der Waals surface area contributed by atoms with Gasteiger partial charge in [0, 0.05) is 28.9 Å². The SMILES string of the molecule is CCCC(CCCN1C(C)CCCC1C)Nc1c2ccccc2nc2ccccc12. The van der Waals surface area contributed by atoms with Crippen molar-refractivity contribution in [1.82, 2.24) is 9.88 Å². The van der Waals surface area contributed by atoms with E-state index >= 15 is 0 Å². The average Bonchev–Trinajstić information content (AvgIpc) is 2.75. The lowest BCUT2D eigenvalue weighted by molar-refractivity contribution is 0.101. The highest BCUT2D eigenvalue weighted by atomic mass is 15.2. The van der Waals surface area contributed by atoms with Gasteiger partial charge in [0.2, 0.25) is 0 Å². The Balaban J connectivity index is 1.53. The van der Waals surface area contributed by atoms with Crippen LogP contribution in [0.2, 0.25) is 0 Å². The minimum Gasteiger partial charge on any atom is -0.381 e. The van der Waals surface area contributed by atoms with Gasteiger partial charge in [-0.3, -0.25) is 4.90 Å². The van der Waals surface area contributed by atoms with Crippen molar-refractivity contribution in [1.29, 1.82) is 0 Å². The van der Waals surface area contributed by atoms with Gasteiger partial charge in [-0.05, 0) is 64.6 Å². The van der Waals surface area contributed by atoms with Crippen molar-refractivity contribution in [2.75, 3.05) is 11.9 Å². The first-order valence-corrected chi connectivity index (χ1v) is 12.0. The van der Waals surface area contributed by atoms with Crippen LogP contribution >= 0.6 is 0 Å². The fourth-order valence-corrected chi connectivity index (χ4v) is 5.27. The van der Waals surface area contributed by atoms with E-state index < -0.39 is 0 Å². The number of pyridine rings is 1. The zero-order valence-electron chi connectivity index (χ0n) is 18.9. The summed E-state index contributed by atoms with van der Waals surface area (Å²) in [6.07, 6.45) is 8.99. The molecular formula is C27H37N3. The van der Waals surface area contributed by atoms with E-state index in [-0.39, 0.29) is 0 Å². The zero-order chi connectivity index (χ0) is 20.9. The standard InChI is InChI=1S/C27H37N3/c1-4-11-22(14-10-19-30-20(2)12-9-13-21(30)3)28-27-23-15-5-7-17-25(23)29-26-18-8-6-16-24(26)27/h5-8,15-18,20-22H,4,9-14,19H2,1-3H3,(H,28,29). The van der Waals surface area contributed by atoms with E-state index in [1.54, 1.807) is 0 Å². The number of nitrogens with zero attached hydrogens (tertiary/aromatic N) is 2. The lowest BCUT2D eigenvalue weighted by atomic mass is 9.96.